The van der Waals surface area contributed by atoms with Crippen molar-refractivity contribution >= 4 is 0 Å². The van der Waals surface area contributed by atoms with Gasteiger partial charge in [-0.1, -0.05) is 24.3 Å². The van der Waals surface area contributed by atoms with Gasteiger partial charge in [0.25, 0.3) is 0 Å². The topological polar surface area (TPSA) is 55.5 Å². The number of ether oxygens (including phenoxy) is 1. The van der Waals surface area contributed by atoms with Crippen molar-refractivity contribution in [1.82, 2.24) is 0 Å². The van der Waals surface area contributed by atoms with Gasteiger partial charge in [-0.05, 0) is 24.5 Å². The van der Waals surface area contributed by atoms with Crippen molar-refractivity contribution in [3.05, 3.63) is 35.4 Å². The van der Waals surface area contributed by atoms with Gasteiger partial charge in [0.05, 0.1) is 6.10 Å². The minimum atomic E-state index is -0.439. The Bertz CT molecular complexity index is 315. The Morgan fingerprint density at radius 3 is 2.62 bits per heavy atom. The first kappa shape index (κ1) is 13.2. The van der Waals surface area contributed by atoms with Crippen LogP contribution in [0.15, 0.2) is 24.3 Å². The molecule has 0 fully saturated rings. The molecule has 0 aliphatic heterocycles. The number of aliphatic hydroxyl groups is 1. The van der Waals surface area contributed by atoms with E-state index in [-0.39, 0.29) is 5.92 Å². The summed E-state index contributed by atoms with van der Waals surface area (Å²) in [4.78, 5) is 0. The fraction of sp³-hybridized carbons (Fsp3) is 0.538. The summed E-state index contributed by atoms with van der Waals surface area (Å²) < 4.78 is 4.97. The van der Waals surface area contributed by atoms with E-state index in [9.17, 15) is 5.11 Å². The number of rotatable bonds is 6. The number of aryl methyl sites for hydroxylation is 1. The summed E-state index contributed by atoms with van der Waals surface area (Å²) in [7, 11) is 1.64. The highest BCUT2D eigenvalue weighted by Gasteiger charge is 2.20. The van der Waals surface area contributed by atoms with E-state index >= 15 is 0 Å². The van der Waals surface area contributed by atoms with E-state index in [0.29, 0.717) is 19.6 Å². The fourth-order valence-electron chi connectivity index (χ4n) is 1.93. The third-order valence-corrected chi connectivity index (χ3v) is 2.92. The lowest BCUT2D eigenvalue weighted by Crippen LogP contribution is -2.27. The normalized spacial score (nSPS) is 14.8. The molecule has 0 aliphatic rings. The molecular formula is C13H21NO2. The molecule has 0 heterocycles. The fourth-order valence-corrected chi connectivity index (χ4v) is 1.93. The van der Waals surface area contributed by atoms with Crippen LogP contribution in [-0.2, 0) is 4.74 Å². The Hall–Kier alpha value is -0.900. The van der Waals surface area contributed by atoms with Gasteiger partial charge in [0, 0.05) is 26.2 Å². The average molecular weight is 223 g/mol. The molecule has 0 spiro atoms. The van der Waals surface area contributed by atoms with Crippen LogP contribution in [0.4, 0.5) is 0 Å². The largest absolute Gasteiger partial charge is 0.392 e. The van der Waals surface area contributed by atoms with Crippen LogP contribution in [0, 0.1) is 6.92 Å². The average Bonchev–Trinajstić information content (AvgIpc) is 2.30. The van der Waals surface area contributed by atoms with E-state index in [1.807, 2.05) is 31.2 Å². The van der Waals surface area contributed by atoms with E-state index < -0.39 is 6.10 Å². The molecule has 0 aromatic heterocycles. The highest BCUT2D eigenvalue weighted by Crippen LogP contribution is 2.23. The second-order valence-corrected chi connectivity index (χ2v) is 4.05. The molecule has 90 valence electrons. The number of hydrogen-bond donors (Lipinski definition) is 2. The Balaban J connectivity index is 2.77. The van der Waals surface area contributed by atoms with Gasteiger partial charge in [0.2, 0.25) is 0 Å². The molecule has 2 atom stereocenters. The van der Waals surface area contributed by atoms with E-state index in [4.69, 9.17) is 10.5 Å². The van der Waals surface area contributed by atoms with Crippen LogP contribution in [-0.4, -0.2) is 31.5 Å². The first-order valence-electron chi connectivity index (χ1n) is 5.63. The van der Waals surface area contributed by atoms with Gasteiger partial charge < -0.3 is 15.6 Å². The van der Waals surface area contributed by atoms with Gasteiger partial charge in [-0.15, -0.1) is 0 Å². The number of aliphatic hydroxyl groups excluding tert-OH is 1. The number of benzene rings is 1. The number of methoxy groups -OCH3 is 1. The van der Waals surface area contributed by atoms with Gasteiger partial charge in [-0.25, -0.2) is 0 Å². The molecule has 0 amide bonds. The zero-order chi connectivity index (χ0) is 12.0. The third-order valence-electron chi connectivity index (χ3n) is 2.92. The van der Waals surface area contributed by atoms with Crippen LogP contribution in [0.3, 0.4) is 0 Å². The highest BCUT2D eigenvalue weighted by molar-refractivity contribution is 5.30. The Morgan fingerprint density at radius 1 is 1.38 bits per heavy atom. The van der Waals surface area contributed by atoms with Crippen molar-refractivity contribution < 1.29 is 9.84 Å². The molecule has 0 aliphatic carbocycles. The maximum Gasteiger partial charge on any atom is 0.0642 e. The molecule has 3 nitrogen and oxygen atoms in total. The zero-order valence-corrected chi connectivity index (χ0v) is 10.0. The Morgan fingerprint density at radius 2 is 2.06 bits per heavy atom. The molecule has 3 heteroatoms. The molecule has 16 heavy (non-hydrogen) atoms. The molecule has 0 bridgehead atoms. The van der Waals surface area contributed by atoms with Crippen molar-refractivity contribution in [2.45, 2.75) is 25.4 Å². The SMILES string of the molecule is COCCC(O)C(CN)c1ccccc1C. The number of nitrogens with two attached hydrogens (primary N) is 1. The summed E-state index contributed by atoms with van der Waals surface area (Å²) in [6, 6.07) is 8.05. The molecule has 1 aromatic rings. The van der Waals surface area contributed by atoms with Gasteiger partial charge in [-0.3, -0.25) is 0 Å². The lowest BCUT2D eigenvalue weighted by molar-refractivity contribution is 0.0918. The lowest BCUT2D eigenvalue weighted by atomic mass is 9.89. The third kappa shape index (κ3) is 3.30. The number of hydrogen-bond acceptors (Lipinski definition) is 3. The van der Waals surface area contributed by atoms with Gasteiger partial charge >= 0.3 is 0 Å². The molecule has 0 radical (unpaired) electrons. The maximum atomic E-state index is 10.1. The van der Waals surface area contributed by atoms with Crippen molar-refractivity contribution in [1.29, 1.82) is 0 Å². The van der Waals surface area contributed by atoms with Crippen LogP contribution < -0.4 is 5.73 Å². The summed E-state index contributed by atoms with van der Waals surface area (Å²) in [6.07, 6.45) is 0.179. The first-order valence-corrected chi connectivity index (χ1v) is 5.63. The minimum absolute atomic E-state index is 0.00338. The van der Waals surface area contributed by atoms with Crippen molar-refractivity contribution in [3.8, 4) is 0 Å². The van der Waals surface area contributed by atoms with Crippen LogP contribution in [0.2, 0.25) is 0 Å². The van der Waals surface area contributed by atoms with Crippen molar-refractivity contribution in [2.24, 2.45) is 5.73 Å². The van der Waals surface area contributed by atoms with Crippen molar-refractivity contribution in [3.63, 3.8) is 0 Å². The Labute approximate surface area is 97.2 Å². The summed E-state index contributed by atoms with van der Waals surface area (Å²) in [6.45, 7) is 3.06. The molecular weight excluding hydrogens is 202 g/mol. The van der Waals surface area contributed by atoms with Crippen LogP contribution in [0.1, 0.15) is 23.5 Å². The van der Waals surface area contributed by atoms with Crippen LogP contribution in [0.5, 0.6) is 0 Å². The monoisotopic (exact) mass is 223 g/mol. The Kier molecular flexibility index (Phi) is 5.46. The maximum absolute atomic E-state index is 10.1. The van der Waals surface area contributed by atoms with Crippen molar-refractivity contribution in [2.75, 3.05) is 20.3 Å². The van der Waals surface area contributed by atoms with Crippen LogP contribution in [0.25, 0.3) is 0 Å². The lowest BCUT2D eigenvalue weighted by Gasteiger charge is -2.23. The van der Waals surface area contributed by atoms with Crippen LogP contribution >= 0.6 is 0 Å². The van der Waals surface area contributed by atoms with E-state index in [2.05, 4.69) is 0 Å². The quantitative estimate of drug-likeness (QED) is 0.767. The molecule has 0 saturated heterocycles. The minimum Gasteiger partial charge on any atom is -0.392 e. The molecule has 1 aromatic carbocycles. The molecule has 2 unspecified atom stereocenters. The van der Waals surface area contributed by atoms with Gasteiger partial charge in [-0.2, -0.15) is 0 Å². The van der Waals surface area contributed by atoms with Gasteiger partial charge in [0.1, 0.15) is 0 Å². The highest BCUT2D eigenvalue weighted by atomic mass is 16.5. The summed E-state index contributed by atoms with van der Waals surface area (Å²) >= 11 is 0. The molecule has 1 rings (SSSR count). The summed E-state index contributed by atoms with van der Waals surface area (Å²) in [5, 5.41) is 10.1. The van der Waals surface area contributed by atoms with E-state index in [1.54, 1.807) is 7.11 Å². The second kappa shape index (κ2) is 6.63. The predicted octanol–water partition coefficient (Wildman–Crippen LogP) is 1.43. The predicted molar refractivity (Wildman–Crippen MR) is 65.5 cm³/mol. The summed E-state index contributed by atoms with van der Waals surface area (Å²) in [5.41, 5.74) is 8.05. The molecule has 0 saturated carbocycles. The van der Waals surface area contributed by atoms with E-state index in [1.165, 1.54) is 5.56 Å². The summed E-state index contributed by atoms with van der Waals surface area (Å²) in [5.74, 6) is -0.00338. The zero-order valence-electron chi connectivity index (χ0n) is 10.0. The standard InChI is InChI=1S/C13H21NO2/c1-10-5-3-4-6-11(10)12(9-14)13(15)7-8-16-2/h3-6,12-13,15H,7-9,14H2,1-2H3. The molecule has 3 N–H and O–H groups in total. The smallest absolute Gasteiger partial charge is 0.0642 e. The van der Waals surface area contributed by atoms with E-state index in [0.717, 1.165) is 5.56 Å². The van der Waals surface area contributed by atoms with Gasteiger partial charge in [0.15, 0.2) is 0 Å². The first-order chi connectivity index (χ1) is 7.70. The second-order valence-electron chi connectivity index (χ2n) is 4.05.